The number of carbonyl (C=O) groups is 3. The van der Waals surface area contributed by atoms with Gasteiger partial charge in [-0.1, -0.05) is 60.7 Å². The first-order valence-electron chi connectivity index (χ1n) is 10.5. The molecule has 2 aliphatic rings. The standard InChI is InChI=1S/C24H27N3O3/c1-24(20-12-13-20)22(29)27(23(30)25-24)17-21(28)26(16-19-10-6-3-7-11-19)15-14-18-8-4-2-5-9-18/h2-11,20H,12-17H2,1H3,(H,25,30). The molecule has 4 amide bonds. The van der Waals surface area contributed by atoms with Gasteiger partial charge < -0.3 is 10.2 Å². The molecule has 1 heterocycles. The zero-order valence-electron chi connectivity index (χ0n) is 17.2. The molecule has 156 valence electrons. The normalized spacial score (nSPS) is 20.9. The lowest BCUT2D eigenvalue weighted by atomic mass is 9.96. The number of rotatable bonds is 8. The van der Waals surface area contributed by atoms with Crippen LogP contribution in [0.4, 0.5) is 4.79 Å². The van der Waals surface area contributed by atoms with Gasteiger partial charge in [0, 0.05) is 13.1 Å². The van der Waals surface area contributed by atoms with E-state index in [1.807, 2.05) is 60.7 Å². The maximum atomic E-state index is 13.2. The van der Waals surface area contributed by atoms with Gasteiger partial charge in [-0.15, -0.1) is 0 Å². The minimum absolute atomic E-state index is 0.174. The van der Waals surface area contributed by atoms with Crippen LogP contribution in [-0.4, -0.2) is 46.3 Å². The molecular weight excluding hydrogens is 378 g/mol. The third-order valence-corrected chi connectivity index (χ3v) is 6.07. The summed E-state index contributed by atoms with van der Waals surface area (Å²) in [4.78, 5) is 41.3. The maximum absolute atomic E-state index is 13.2. The highest BCUT2D eigenvalue weighted by atomic mass is 16.2. The molecule has 2 aromatic carbocycles. The third kappa shape index (κ3) is 4.22. The van der Waals surface area contributed by atoms with Gasteiger partial charge in [-0.3, -0.25) is 14.5 Å². The summed E-state index contributed by atoms with van der Waals surface area (Å²) >= 11 is 0. The van der Waals surface area contributed by atoms with Crippen LogP contribution < -0.4 is 5.32 Å². The lowest BCUT2D eigenvalue weighted by Crippen LogP contribution is -2.47. The highest BCUT2D eigenvalue weighted by Gasteiger charge is 2.56. The van der Waals surface area contributed by atoms with Crippen molar-refractivity contribution in [2.45, 2.75) is 38.3 Å². The van der Waals surface area contributed by atoms with E-state index in [0.29, 0.717) is 19.5 Å². The van der Waals surface area contributed by atoms with Crippen LogP contribution in [-0.2, 0) is 22.6 Å². The molecule has 30 heavy (non-hydrogen) atoms. The van der Waals surface area contributed by atoms with E-state index in [-0.39, 0.29) is 24.3 Å². The van der Waals surface area contributed by atoms with E-state index >= 15 is 0 Å². The van der Waals surface area contributed by atoms with Crippen molar-refractivity contribution in [1.29, 1.82) is 0 Å². The van der Waals surface area contributed by atoms with E-state index in [0.717, 1.165) is 28.9 Å². The first-order chi connectivity index (χ1) is 14.5. The third-order valence-electron chi connectivity index (χ3n) is 6.07. The van der Waals surface area contributed by atoms with E-state index in [9.17, 15) is 14.4 Å². The van der Waals surface area contributed by atoms with Gasteiger partial charge in [-0.2, -0.15) is 0 Å². The lowest BCUT2D eigenvalue weighted by molar-refractivity contribution is -0.139. The molecule has 1 atom stereocenters. The van der Waals surface area contributed by atoms with Gasteiger partial charge in [-0.05, 0) is 43.2 Å². The van der Waals surface area contributed by atoms with Crippen molar-refractivity contribution < 1.29 is 14.4 Å². The molecule has 6 nitrogen and oxygen atoms in total. The Balaban J connectivity index is 1.47. The number of amides is 4. The van der Waals surface area contributed by atoms with Crippen LogP contribution in [0.1, 0.15) is 30.9 Å². The molecule has 1 aliphatic carbocycles. The fraction of sp³-hybridized carbons (Fsp3) is 0.375. The molecule has 6 heteroatoms. The van der Waals surface area contributed by atoms with Crippen LogP contribution in [0, 0.1) is 5.92 Å². The number of urea groups is 1. The van der Waals surface area contributed by atoms with E-state index in [2.05, 4.69) is 5.32 Å². The molecule has 0 bridgehead atoms. The molecule has 0 radical (unpaired) electrons. The molecule has 2 fully saturated rings. The number of benzene rings is 2. The number of hydrogen-bond acceptors (Lipinski definition) is 3. The average molecular weight is 405 g/mol. The summed E-state index contributed by atoms with van der Waals surface area (Å²) in [5, 5.41) is 2.81. The molecule has 1 N–H and O–H groups in total. The van der Waals surface area contributed by atoms with E-state index in [1.54, 1.807) is 11.8 Å². The lowest BCUT2D eigenvalue weighted by Gasteiger charge is -2.25. The van der Waals surface area contributed by atoms with Crippen molar-refractivity contribution in [3.8, 4) is 0 Å². The zero-order chi connectivity index (χ0) is 21.1. The largest absolute Gasteiger partial charge is 0.336 e. The second kappa shape index (κ2) is 8.30. The van der Waals surface area contributed by atoms with Crippen molar-refractivity contribution in [3.05, 3.63) is 71.8 Å². The van der Waals surface area contributed by atoms with Crippen LogP contribution >= 0.6 is 0 Å². The Morgan fingerprint density at radius 3 is 2.23 bits per heavy atom. The summed E-state index contributed by atoms with van der Waals surface area (Å²) in [5.74, 6) is -0.336. The highest BCUT2D eigenvalue weighted by Crippen LogP contribution is 2.42. The van der Waals surface area contributed by atoms with Crippen LogP contribution in [0.15, 0.2) is 60.7 Å². The Labute approximate surface area is 176 Å². The SMILES string of the molecule is CC1(C2CC2)NC(=O)N(CC(=O)N(CCc2ccccc2)Cc2ccccc2)C1=O. The molecule has 4 rings (SSSR count). The van der Waals surface area contributed by atoms with Crippen molar-refractivity contribution >= 4 is 17.8 Å². The van der Waals surface area contributed by atoms with Crippen LogP contribution in [0.2, 0.25) is 0 Å². The van der Waals surface area contributed by atoms with Crippen LogP contribution in [0.25, 0.3) is 0 Å². The number of imide groups is 1. The molecular formula is C24H27N3O3. The van der Waals surface area contributed by atoms with Crippen LogP contribution in [0.3, 0.4) is 0 Å². The number of hydrogen-bond donors (Lipinski definition) is 1. The Hall–Kier alpha value is -3.15. The second-order valence-corrected chi connectivity index (χ2v) is 8.33. The summed E-state index contributed by atoms with van der Waals surface area (Å²) < 4.78 is 0. The van der Waals surface area contributed by atoms with Crippen molar-refractivity contribution in [1.82, 2.24) is 15.1 Å². The van der Waals surface area contributed by atoms with Gasteiger partial charge in [0.1, 0.15) is 12.1 Å². The Bertz CT molecular complexity index is 927. The minimum atomic E-state index is -0.869. The predicted octanol–water partition coefficient (Wildman–Crippen LogP) is 2.98. The number of nitrogens with one attached hydrogen (secondary N) is 1. The van der Waals surface area contributed by atoms with E-state index < -0.39 is 11.6 Å². The van der Waals surface area contributed by atoms with Crippen LogP contribution in [0.5, 0.6) is 0 Å². The maximum Gasteiger partial charge on any atom is 0.325 e. The fourth-order valence-corrected chi connectivity index (χ4v) is 4.04. The first kappa shape index (κ1) is 20.1. The predicted molar refractivity (Wildman–Crippen MR) is 113 cm³/mol. The minimum Gasteiger partial charge on any atom is -0.336 e. The number of nitrogens with zero attached hydrogens (tertiary/aromatic N) is 2. The summed E-state index contributed by atoms with van der Waals surface area (Å²) in [6, 6.07) is 19.3. The Morgan fingerprint density at radius 1 is 1.03 bits per heavy atom. The molecule has 1 saturated heterocycles. The first-order valence-corrected chi connectivity index (χ1v) is 10.5. The van der Waals surface area contributed by atoms with E-state index in [4.69, 9.17) is 0 Å². The quantitative estimate of drug-likeness (QED) is 0.687. The summed E-state index contributed by atoms with van der Waals surface area (Å²) in [5.41, 5.74) is 1.28. The van der Waals surface area contributed by atoms with Crippen molar-refractivity contribution in [2.75, 3.05) is 13.1 Å². The topological polar surface area (TPSA) is 69.7 Å². The number of carbonyl (C=O) groups excluding carboxylic acids is 3. The van der Waals surface area contributed by atoms with Gasteiger partial charge in [0.2, 0.25) is 5.91 Å². The van der Waals surface area contributed by atoms with E-state index in [1.165, 1.54) is 0 Å². The molecule has 1 aliphatic heterocycles. The fourth-order valence-electron chi connectivity index (χ4n) is 4.04. The molecule has 0 aromatic heterocycles. The summed E-state index contributed by atoms with van der Waals surface area (Å²) in [6.45, 7) is 2.50. The highest BCUT2D eigenvalue weighted by molar-refractivity contribution is 6.09. The zero-order valence-corrected chi connectivity index (χ0v) is 17.2. The molecule has 1 saturated carbocycles. The van der Waals surface area contributed by atoms with Gasteiger partial charge in [0.05, 0.1) is 0 Å². The smallest absolute Gasteiger partial charge is 0.325 e. The summed E-state index contributed by atoms with van der Waals surface area (Å²) in [7, 11) is 0. The van der Waals surface area contributed by atoms with Crippen molar-refractivity contribution in [3.63, 3.8) is 0 Å². The molecule has 0 spiro atoms. The Kier molecular flexibility index (Phi) is 5.57. The molecule has 2 aromatic rings. The monoisotopic (exact) mass is 405 g/mol. The van der Waals surface area contributed by atoms with Gasteiger partial charge in [0.25, 0.3) is 5.91 Å². The average Bonchev–Trinajstić information content (AvgIpc) is 3.58. The second-order valence-electron chi connectivity index (χ2n) is 8.33. The Morgan fingerprint density at radius 2 is 1.63 bits per heavy atom. The van der Waals surface area contributed by atoms with Gasteiger partial charge >= 0.3 is 6.03 Å². The van der Waals surface area contributed by atoms with Gasteiger partial charge in [-0.25, -0.2) is 4.79 Å². The molecule has 1 unspecified atom stereocenters. The summed E-state index contributed by atoms with van der Waals surface area (Å²) in [6.07, 6.45) is 2.57. The van der Waals surface area contributed by atoms with Crippen molar-refractivity contribution in [2.24, 2.45) is 5.92 Å². The van der Waals surface area contributed by atoms with Gasteiger partial charge in [0.15, 0.2) is 0 Å².